The summed E-state index contributed by atoms with van der Waals surface area (Å²) in [6, 6.07) is 6.74. The third-order valence-corrected chi connectivity index (χ3v) is 2.19. The summed E-state index contributed by atoms with van der Waals surface area (Å²) in [5, 5.41) is 12.2. The van der Waals surface area contributed by atoms with Gasteiger partial charge >= 0.3 is 0 Å². The van der Waals surface area contributed by atoms with Crippen molar-refractivity contribution in [1.29, 1.82) is 0 Å². The number of aromatic nitrogens is 2. The van der Waals surface area contributed by atoms with Gasteiger partial charge in [0.2, 0.25) is 5.91 Å². The lowest BCUT2D eigenvalue weighted by Crippen LogP contribution is -2.14. The standard InChI is InChI=1S/C12H11N3O2/c16-11-4-2-1-3-9(11)5-12(17)15-10-6-13-8-14-7-10/h1-4,6-8,16H,5H2,(H,15,17). The van der Waals surface area contributed by atoms with Crippen LogP contribution in [0.15, 0.2) is 43.0 Å². The predicted octanol–water partition coefficient (Wildman–Crippen LogP) is 1.36. The summed E-state index contributed by atoms with van der Waals surface area (Å²) in [6.45, 7) is 0. The van der Waals surface area contributed by atoms with Crippen LogP contribution in [0, 0.1) is 0 Å². The molecular weight excluding hydrogens is 218 g/mol. The molecule has 0 aliphatic heterocycles. The average Bonchev–Trinajstić information content (AvgIpc) is 2.33. The van der Waals surface area contributed by atoms with Crippen molar-refractivity contribution in [3.05, 3.63) is 48.5 Å². The second-order valence-corrected chi connectivity index (χ2v) is 3.48. The highest BCUT2D eigenvalue weighted by atomic mass is 16.3. The van der Waals surface area contributed by atoms with Crippen LogP contribution in [0.25, 0.3) is 0 Å². The summed E-state index contributed by atoms with van der Waals surface area (Å²) in [5.74, 6) is -0.103. The average molecular weight is 229 g/mol. The summed E-state index contributed by atoms with van der Waals surface area (Å²) < 4.78 is 0. The van der Waals surface area contributed by atoms with E-state index >= 15 is 0 Å². The first-order valence-electron chi connectivity index (χ1n) is 5.07. The third-order valence-electron chi connectivity index (χ3n) is 2.19. The van der Waals surface area contributed by atoms with Gasteiger partial charge in [0.25, 0.3) is 0 Å². The van der Waals surface area contributed by atoms with Gasteiger partial charge in [0, 0.05) is 5.56 Å². The van der Waals surface area contributed by atoms with Gasteiger partial charge in [-0.3, -0.25) is 4.79 Å². The minimum absolute atomic E-state index is 0.113. The summed E-state index contributed by atoms with van der Waals surface area (Å²) in [7, 11) is 0. The van der Waals surface area contributed by atoms with Crippen LogP contribution in [0.1, 0.15) is 5.56 Å². The molecule has 1 aromatic heterocycles. The van der Waals surface area contributed by atoms with Crippen LogP contribution in [0.2, 0.25) is 0 Å². The van der Waals surface area contributed by atoms with Gasteiger partial charge in [0.05, 0.1) is 24.5 Å². The normalized spacial score (nSPS) is 9.88. The Morgan fingerprint density at radius 1 is 1.24 bits per heavy atom. The highest BCUT2D eigenvalue weighted by molar-refractivity contribution is 5.92. The van der Waals surface area contributed by atoms with E-state index in [0.29, 0.717) is 11.3 Å². The quantitative estimate of drug-likeness (QED) is 0.833. The molecule has 0 spiro atoms. The van der Waals surface area contributed by atoms with Gasteiger partial charge < -0.3 is 10.4 Å². The van der Waals surface area contributed by atoms with Crippen molar-refractivity contribution in [2.75, 3.05) is 5.32 Å². The Morgan fingerprint density at radius 2 is 1.94 bits per heavy atom. The first-order valence-corrected chi connectivity index (χ1v) is 5.07. The topological polar surface area (TPSA) is 75.1 Å². The molecule has 17 heavy (non-hydrogen) atoms. The van der Waals surface area contributed by atoms with Crippen molar-refractivity contribution in [1.82, 2.24) is 9.97 Å². The van der Waals surface area contributed by atoms with Gasteiger partial charge in [0.15, 0.2) is 0 Å². The fourth-order valence-electron chi connectivity index (χ4n) is 1.40. The van der Waals surface area contributed by atoms with Crippen LogP contribution in [0.5, 0.6) is 5.75 Å². The van der Waals surface area contributed by atoms with Gasteiger partial charge in [-0.2, -0.15) is 0 Å². The van der Waals surface area contributed by atoms with Crippen LogP contribution >= 0.6 is 0 Å². The monoisotopic (exact) mass is 229 g/mol. The van der Waals surface area contributed by atoms with E-state index in [1.807, 2.05) is 0 Å². The molecule has 0 radical (unpaired) electrons. The van der Waals surface area contributed by atoms with Crippen LogP contribution in [0.4, 0.5) is 5.69 Å². The molecule has 0 fully saturated rings. The molecule has 1 heterocycles. The van der Waals surface area contributed by atoms with E-state index < -0.39 is 0 Å². The van der Waals surface area contributed by atoms with Gasteiger partial charge in [-0.1, -0.05) is 18.2 Å². The van der Waals surface area contributed by atoms with E-state index in [4.69, 9.17) is 0 Å². The molecule has 0 aliphatic rings. The number of nitrogens with one attached hydrogen (secondary N) is 1. The molecular formula is C12H11N3O2. The van der Waals surface area contributed by atoms with E-state index in [1.165, 1.54) is 18.7 Å². The van der Waals surface area contributed by atoms with E-state index in [9.17, 15) is 9.90 Å². The van der Waals surface area contributed by atoms with Crippen LogP contribution in [0.3, 0.4) is 0 Å². The fraction of sp³-hybridized carbons (Fsp3) is 0.0833. The molecule has 5 nitrogen and oxygen atoms in total. The molecule has 0 atom stereocenters. The maximum Gasteiger partial charge on any atom is 0.229 e. The lowest BCUT2D eigenvalue weighted by molar-refractivity contribution is -0.115. The molecule has 0 aliphatic carbocycles. The molecule has 0 unspecified atom stereocenters. The lowest BCUT2D eigenvalue weighted by Gasteiger charge is -2.05. The summed E-state index contributed by atoms with van der Waals surface area (Å²) in [6.07, 6.45) is 4.52. The van der Waals surface area contributed by atoms with Crippen LogP contribution in [-0.4, -0.2) is 21.0 Å². The lowest BCUT2D eigenvalue weighted by atomic mass is 10.1. The smallest absolute Gasteiger partial charge is 0.229 e. The third kappa shape index (κ3) is 3.01. The van der Waals surface area contributed by atoms with Gasteiger partial charge in [-0.15, -0.1) is 0 Å². The minimum Gasteiger partial charge on any atom is -0.508 e. The number of para-hydroxylation sites is 1. The number of phenols is 1. The second kappa shape index (κ2) is 5.07. The van der Waals surface area contributed by atoms with E-state index in [0.717, 1.165) is 0 Å². The molecule has 0 saturated carbocycles. The molecule has 0 saturated heterocycles. The predicted molar refractivity (Wildman–Crippen MR) is 62.5 cm³/mol. The van der Waals surface area contributed by atoms with Gasteiger partial charge in [0.1, 0.15) is 12.1 Å². The van der Waals surface area contributed by atoms with Crippen molar-refractivity contribution >= 4 is 11.6 Å². The molecule has 1 aromatic carbocycles. The number of anilines is 1. The van der Waals surface area contributed by atoms with Crippen LogP contribution < -0.4 is 5.32 Å². The first-order chi connectivity index (χ1) is 8.25. The number of rotatable bonds is 3. The van der Waals surface area contributed by atoms with Crippen molar-refractivity contribution in [2.45, 2.75) is 6.42 Å². The summed E-state index contributed by atoms with van der Waals surface area (Å²) in [5.41, 5.74) is 1.12. The van der Waals surface area contributed by atoms with Crippen molar-refractivity contribution < 1.29 is 9.90 Å². The minimum atomic E-state index is -0.221. The highest BCUT2D eigenvalue weighted by Gasteiger charge is 2.07. The van der Waals surface area contributed by atoms with Crippen molar-refractivity contribution in [3.63, 3.8) is 0 Å². The number of amides is 1. The zero-order valence-corrected chi connectivity index (χ0v) is 9.00. The fourth-order valence-corrected chi connectivity index (χ4v) is 1.40. The van der Waals surface area contributed by atoms with Crippen molar-refractivity contribution in [2.24, 2.45) is 0 Å². The summed E-state index contributed by atoms with van der Waals surface area (Å²) >= 11 is 0. The number of aromatic hydroxyl groups is 1. The van der Waals surface area contributed by atoms with Crippen LogP contribution in [-0.2, 0) is 11.2 Å². The zero-order valence-electron chi connectivity index (χ0n) is 9.00. The Hall–Kier alpha value is -2.43. The van der Waals surface area contributed by atoms with Gasteiger partial charge in [-0.05, 0) is 6.07 Å². The van der Waals surface area contributed by atoms with E-state index in [-0.39, 0.29) is 18.1 Å². The molecule has 1 amide bonds. The highest BCUT2D eigenvalue weighted by Crippen LogP contribution is 2.16. The summed E-state index contributed by atoms with van der Waals surface area (Å²) in [4.78, 5) is 19.2. The van der Waals surface area contributed by atoms with E-state index in [2.05, 4.69) is 15.3 Å². The molecule has 5 heteroatoms. The SMILES string of the molecule is O=C(Cc1ccccc1O)Nc1cncnc1. The number of hydrogen-bond acceptors (Lipinski definition) is 4. The maximum atomic E-state index is 11.7. The Balaban J connectivity index is 2.01. The molecule has 2 rings (SSSR count). The first kappa shape index (κ1) is 11.1. The molecule has 2 N–H and O–H groups in total. The van der Waals surface area contributed by atoms with Crippen molar-refractivity contribution in [3.8, 4) is 5.75 Å². The molecule has 86 valence electrons. The molecule has 2 aromatic rings. The number of nitrogens with zero attached hydrogens (tertiary/aromatic N) is 2. The number of carbonyl (C=O) groups is 1. The Kier molecular flexibility index (Phi) is 3.30. The molecule has 0 bridgehead atoms. The maximum absolute atomic E-state index is 11.7. The Labute approximate surface area is 98.2 Å². The second-order valence-electron chi connectivity index (χ2n) is 3.48. The number of benzene rings is 1. The number of carbonyl (C=O) groups excluding carboxylic acids is 1. The van der Waals surface area contributed by atoms with Gasteiger partial charge in [-0.25, -0.2) is 9.97 Å². The Bertz CT molecular complexity index is 514. The number of phenolic OH excluding ortho intramolecular Hbond substituents is 1. The Morgan fingerprint density at radius 3 is 2.65 bits per heavy atom. The largest absolute Gasteiger partial charge is 0.508 e. The number of hydrogen-bond donors (Lipinski definition) is 2. The zero-order chi connectivity index (χ0) is 12.1. The van der Waals surface area contributed by atoms with E-state index in [1.54, 1.807) is 24.3 Å².